The third kappa shape index (κ3) is 6.12. The van der Waals surface area contributed by atoms with Gasteiger partial charge >= 0.3 is 6.09 Å². The van der Waals surface area contributed by atoms with Crippen molar-refractivity contribution in [1.82, 2.24) is 14.8 Å². The van der Waals surface area contributed by atoms with E-state index in [1.807, 2.05) is 62.7 Å². The summed E-state index contributed by atoms with van der Waals surface area (Å²) in [6, 6.07) is 24.4. The summed E-state index contributed by atoms with van der Waals surface area (Å²) in [5.41, 5.74) is 7.00. The topological polar surface area (TPSA) is 87.4 Å². The van der Waals surface area contributed by atoms with Gasteiger partial charge in [0.2, 0.25) is 0 Å². The van der Waals surface area contributed by atoms with Gasteiger partial charge in [-0.1, -0.05) is 42.0 Å². The molecule has 0 radical (unpaired) electrons. The second kappa shape index (κ2) is 11.1. The molecule has 5 rings (SSSR count). The Morgan fingerprint density at radius 3 is 2.10 bits per heavy atom. The number of nitrogens with zero attached hydrogens (tertiary/aromatic N) is 3. The second-order valence-corrected chi connectivity index (χ2v) is 11.8. The normalized spacial score (nSPS) is 14.1. The molecule has 2 heterocycles. The zero-order chi connectivity index (χ0) is 29.3. The average molecular weight is 549 g/mol. The Bertz CT molecular complexity index is 1630. The van der Waals surface area contributed by atoms with Crippen LogP contribution < -0.4 is 5.32 Å². The lowest BCUT2D eigenvalue weighted by Crippen LogP contribution is -2.48. The number of benzene rings is 3. The van der Waals surface area contributed by atoms with Crippen molar-refractivity contribution < 1.29 is 14.3 Å². The fraction of sp³-hybridized carbons (Fsp3) is 0.324. The molecule has 0 saturated carbocycles. The van der Waals surface area contributed by atoms with E-state index < -0.39 is 5.60 Å². The van der Waals surface area contributed by atoms with Crippen LogP contribution in [-0.2, 0) is 11.8 Å². The van der Waals surface area contributed by atoms with Gasteiger partial charge < -0.3 is 19.5 Å². The number of nitriles is 1. The largest absolute Gasteiger partial charge is 0.444 e. The number of carbonyl (C=O) groups excluding carboxylic acids is 2. The van der Waals surface area contributed by atoms with Gasteiger partial charge in [-0.2, -0.15) is 5.26 Å². The first-order chi connectivity index (χ1) is 19.5. The van der Waals surface area contributed by atoms with Crippen molar-refractivity contribution in [2.75, 3.05) is 13.1 Å². The molecular formula is C34H36N4O3. The number of rotatable bonds is 4. The number of ether oxygens (including phenoxy) is 1. The molecule has 2 amide bonds. The summed E-state index contributed by atoms with van der Waals surface area (Å²) < 4.78 is 7.44. The summed E-state index contributed by atoms with van der Waals surface area (Å²) >= 11 is 0. The van der Waals surface area contributed by atoms with E-state index in [9.17, 15) is 14.9 Å². The molecule has 1 N–H and O–H groups in total. The molecular weight excluding hydrogens is 512 g/mol. The number of hydrogen-bond acceptors (Lipinski definition) is 4. The summed E-state index contributed by atoms with van der Waals surface area (Å²) in [4.78, 5) is 27.6. The SMILES string of the molecule is Cc1ccc(-c2cc3c(cc2-c2ccc(C#N)cc2)cc(C(=O)NC2CCN(C(=O)OC(C)(C)C)CC2)n3C)cc1. The van der Waals surface area contributed by atoms with Gasteiger partial charge in [0, 0.05) is 37.1 Å². The number of aromatic nitrogens is 1. The van der Waals surface area contributed by atoms with E-state index in [-0.39, 0.29) is 18.0 Å². The summed E-state index contributed by atoms with van der Waals surface area (Å²) in [5.74, 6) is -0.128. The Morgan fingerprint density at radius 1 is 0.927 bits per heavy atom. The van der Waals surface area contributed by atoms with Crippen molar-refractivity contribution in [2.45, 2.75) is 52.2 Å². The highest BCUT2D eigenvalue weighted by molar-refractivity contribution is 6.02. The lowest BCUT2D eigenvalue weighted by Gasteiger charge is -2.33. The number of piperidine rings is 1. The predicted molar refractivity (Wildman–Crippen MR) is 162 cm³/mol. The highest BCUT2D eigenvalue weighted by atomic mass is 16.6. The van der Waals surface area contributed by atoms with Gasteiger partial charge in [-0.3, -0.25) is 4.79 Å². The number of aryl methyl sites for hydroxylation is 2. The molecule has 0 bridgehead atoms. The Labute approximate surface area is 241 Å². The summed E-state index contributed by atoms with van der Waals surface area (Å²) in [7, 11) is 1.92. The van der Waals surface area contributed by atoms with Crippen molar-refractivity contribution in [3.05, 3.63) is 83.6 Å². The van der Waals surface area contributed by atoms with Gasteiger partial charge in [0.1, 0.15) is 11.3 Å². The molecule has 1 saturated heterocycles. The molecule has 1 aromatic heterocycles. The first kappa shape index (κ1) is 28.0. The Morgan fingerprint density at radius 2 is 1.51 bits per heavy atom. The Balaban J connectivity index is 1.42. The van der Waals surface area contributed by atoms with E-state index in [0.29, 0.717) is 37.2 Å². The smallest absolute Gasteiger partial charge is 0.410 e. The number of likely N-dealkylation sites (tertiary alicyclic amines) is 1. The molecule has 41 heavy (non-hydrogen) atoms. The Kier molecular flexibility index (Phi) is 7.59. The van der Waals surface area contributed by atoms with E-state index in [0.717, 1.165) is 33.2 Å². The molecule has 3 aromatic carbocycles. The number of carbonyl (C=O) groups is 2. The van der Waals surface area contributed by atoms with Gasteiger partial charge in [-0.15, -0.1) is 0 Å². The molecule has 210 valence electrons. The lowest BCUT2D eigenvalue weighted by molar-refractivity contribution is 0.0199. The molecule has 0 unspecified atom stereocenters. The van der Waals surface area contributed by atoms with Gasteiger partial charge in [0.25, 0.3) is 5.91 Å². The molecule has 4 aromatic rings. The van der Waals surface area contributed by atoms with Crippen molar-refractivity contribution in [1.29, 1.82) is 5.26 Å². The zero-order valence-corrected chi connectivity index (χ0v) is 24.3. The van der Waals surface area contributed by atoms with E-state index >= 15 is 0 Å². The number of amides is 2. The van der Waals surface area contributed by atoms with E-state index in [4.69, 9.17) is 4.74 Å². The number of hydrogen-bond donors (Lipinski definition) is 1. The van der Waals surface area contributed by atoms with Crippen LogP contribution >= 0.6 is 0 Å². The summed E-state index contributed by atoms with van der Waals surface area (Å²) in [6.45, 7) is 8.74. The van der Waals surface area contributed by atoms with Crippen molar-refractivity contribution in [3.8, 4) is 28.3 Å². The van der Waals surface area contributed by atoms with Crippen LogP contribution in [0, 0.1) is 18.3 Å². The van der Waals surface area contributed by atoms with Crippen LogP contribution in [0.1, 0.15) is 55.2 Å². The molecule has 0 spiro atoms. The lowest BCUT2D eigenvalue weighted by atomic mass is 9.92. The van der Waals surface area contributed by atoms with Gasteiger partial charge in [0.05, 0.1) is 11.6 Å². The van der Waals surface area contributed by atoms with Crippen molar-refractivity contribution in [3.63, 3.8) is 0 Å². The maximum atomic E-state index is 13.5. The van der Waals surface area contributed by atoms with Gasteiger partial charge in [-0.05, 0) is 93.1 Å². The fourth-order valence-electron chi connectivity index (χ4n) is 5.33. The minimum Gasteiger partial charge on any atom is -0.444 e. The molecule has 7 nitrogen and oxygen atoms in total. The first-order valence-electron chi connectivity index (χ1n) is 14.0. The van der Waals surface area contributed by atoms with E-state index in [1.54, 1.807) is 4.90 Å². The average Bonchev–Trinajstić information content (AvgIpc) is 3.27. The maximum absolute atomic E-state index is 13.5. The minimum atomic E-state index is -0.532. The predicted octanol–water partition coefficient (Wildman–Crippen LogP) is 6.82. The van der Waals surface area contributed by atoms with Crippen molar-refractivity contribution >= 4 is 22.9 Å². The monoisotopic (exact) mass is 548 g/mol. The number of fused-ring (bicyclic) bond motifs is 1. The zero-order valence-electron chi connectivity index (χ0n) is 24.3. The first-order valence-corrected chi connectivity index (χ1v) is 14.0. The summed E-state index contributed by atoms with van der Waals surface area (Å²) in [5, 5.41) is 13.4. The van der Waals surface area contributed by atoms with Crippen LogP contribution in [0.2, 0.25) is 0 Å². The minimum absolute atomic E-state index is 0.0171. The molecule has 0 atom stereocenters. The number of nitrogens with one attached hydrogen (secondary N) is 1. The van der Waals surface area contributed by atoms with Gasteiger partial charge in [-0.25, -0.2) is 4.79 Å². The molecule has 1 aliphatic heterocycles. The van der Waals surface area contributed by atoms with Crippen LogP contribution in [0.5, 0.6) is 0 Å². The van der Waals surface area contributed by atoms with E-state index in [1.165, 1.54) is 5.56 Å². The van der Waals surface area contributed by atoms with Crippen LogP contribution in [0.4, 0.5) is 4.79 Å². The second-order valence-electron chi connectivity index (χ2n) is 11.8. The fourth-order valence-corrected chi connectivity index (χ4v) is 5.33. The van der Waals surface area contributed by atoms with Crippen LogP contribution in [0.15, 0.2) is 66.7 Å². The summed E-state index contributed by atoms with van der Waals surface area (Å²) in [6.07, 6.45) is 1.04. The highest BCUT2D eigenvalue weighted by Crippen LogP contribution is 2.37. The third-order valence-corrected chi connectivity index (χ3v) is 7.58. The molecule has 7 heteroatoms. The van der Waals surface area contributed by atoms with Crippen LogP contribution in [0.3, 0.4) is 0 Å². The van der Waals surface area contributed by atoms with Crippen LogP contribution in [0.25, 0.3) is 33.2 Å². The quantitative estimate of drug-likeness (QED) is 0.303. The molecule has 1 aliphatic rings. The van der Waals surface area contributed by atoms with Crippen LogP contribution in [-0.4, -0.2) is 46.2 Å². The van der Waals surface area contributed by atoms with Gasteiger partial charge in [0.15, 0.2) is 0 Å². The Hall–Kier alpha value is -4.57. The highest BCUT2D eigenvalue weighted by Gasteiger charge is 2.28. The van der Waals surface area contributed by atoms with E-state index in [2.05, 4.69) is 54.7 Å². The standard InChI is InChI=1S/C34H36N4O3/c1-22-6-10-24(11-7-22)29-20-30-26(18-28(29)25-12-8-23(21-35)9-13-25)19-31(37(30)5)32(39)36-27-14-16-38(17-15-27)33(40)41-34(2,3)4/h6-13,18-20,27H,14-17H2,1-5H3,(H,36,39). The maximum Gasteiger partial charge on any atom is 0.410 e. The third-order valence-electron chi connectivity index (χ3n) is 7.58. The van der Waals surface area contributed by atoms with Crippen molar-refractivity contribution in [2.24, 2.45) is 7.05 Å². The molecule has 0 aliphatic carbocycles. The molecule has 1 fully saturated rings.